The van der Waals surface area contributed by atoms with Gasteiger partial charge in [0.15, 0.2) is 0 Å². The average molecular weight is 480 g/mol. The number of amides is 4. The van der Waals surface area contributed by atoms with Gasteiger partial charge in [0.1, 0.15) is 18.1 Å². The van der Waals surface area contributed by atoms with Gasteiger partial charge in [-0.1, -0.05) is 50.6 Å². The second-order valence-corrected chi connectivity index (χ2v) is 7.98. The molecule has 0 saturated heterocycles. The number of nitrogens with one attached hydrogen (secondary N) is 3. The quantitative estimate of drug-likeness (QED) is 0.158. The van der Waals surface area contributed by atoms with Crippen LogP contribution in [0, 0.1) is 5.92 Å². The lowest BCUT2D eigenvalue weighted by atomic mass is 9.97. The van der Waals surface area contributed by atoms with Crippen molar-refractivity contribution in [3.8, 4) is 0 Å². The van der Waals surface area contributed by atoms with Crippen molar-refractivity contribution < 1.29 is 34.2 Å². The summed E-state index contributed by atoms with van der Waals surface area (Å²) in [6.07, 6.45) is 0.0477. The zero-order chi connectivity index (χ0) is 25.8. The Kier molecular flexibility index (Phi) is 11.7. The Labute approximate surface area is 197 Å². The molecule has 0 bridgehead atoms. The number of carboxylic acid groups (broad SMARTS) is 1. The van der Waals surface area contributed by atoms with E-state index in [2.05, 4.69) is 16.0 Å². The summed E-state index contributed by atoms with van der Waals surface area (Å²) in [7, 11) is 0. The van der Waals surface area contributed by atoms with E-state index in [1.54, 1.807) is 44.2 Å². The molecule has 1 aromatic carbocycles. The van der Waals surface area contributed by atoms with Gasteiger partial charge in [-0.25, -0.2) is 4.79 Å². The molecular weight excluding hydrogens is 446 g/mol. The van der Waals surface area contributed by atoms with Gasteiger partial charge >= 0.3 is 5.97 Å². The van der Waals surface area contributed by atoms with E-state index < -0.39 is 72.7 Å². The van der Waals surface area contributed by atoms with Gasteiger partial charge in [-0.3, -0.25) is 19.2 Å². The summed E-state index contributed by atoms with van der Waals surface area (Å²) in [4.78, 5) is 60.3. The molecule has 5 unspecified atom stereocenters. The summed E-state index contributed by atoms with van der Waals surface area (Å²) in [5.41, 5.74) is 11.2. The second-order valence-electron chi connectivity index (χ2n) is 7.98. The molecule has 0 saturated carbocycles. The summed E-state index contributed by atoms with van der Waals surface area (Å²) < 4.78 is 0. The monoisotopic (exact) mass is 479 g/mol. The van der Waals surface area contributed by atoms with Crippen LogP contribution in [0.4, 0.5) is 0 Å². The third-order valence-electron chi connectivity index (χ3n) is 5.26. The smallest absolute Gasteiger partial charge is 0.326 e. The molecule has 188 valence electrons. The van der Waals surface area contributed by atoms with E-state index in [4.69, 9.17) is 11.5 Å². The van der Waals surface area contributed by atoms with Gasteiger partial charge in [0.05, 0.1) is 19.1 Å². The van der Waals surface area contributed by atoms with Crippen LogP contribution in [0.2, 0.25) is 0 Å². The van der Waals surface area contributed by atoms with Gasteiger partial charge < -0.3 is 37.6 Å². The highest BCUT2D eigenvalue weighted by Gasteiger charge is 2.32. The fourth-order valence-corrected chi connectivity index (χ4v) is 3.05. The Morgan fingerprint density at radius 2 is 1.53 bits per heavy atom. The van der Waals surface area contributed by atoms with Gasteiger partial charge in [0, 0.05) is 6.42 Å². The Hall–Kier alpha value is -3.51. The largest absolute Gasteiger partial charge is 0.480 e. The number of carbonyl (C=O) groups excluding carboxylic acids is 4. The fourth-order valence-electron chi connectivity index (χ4n) is 3.05. The van der Waals surface area contributed by atoms with Crippen molar-refractivity contribution in [1.82, 2.24) is 16.0 Å². The van der Waals surface area contributed by atoms with Crippen molar-refractivity contribution in [2.45, 2.75) is 57.3 Å². The third kappa shape index (κ3) is 9.16. The molecule has 4 amide bonds. The highest BCUT2D eigenvalue weighted by Crippen LogP contribution is 2.10. The van der Waals surface area contributed by atoms with E-state index >= 15 is 0 Å². The van der Waals surface area contributed by atoms with Gasteiger partial charge in [0.25, 0.3) is 0 Å². The first kappa shape index (κ1) is 28.5. The number of aliphatic hydroxyl groups excluding tert-OH is 1. The molecule has 5 atom stereocenters. The first-order chi connectivity index (χ1) is 16.0. The van der Waals surface area contributed by atoms with Crippen LogP contribution in [-0.2, 0) is 30.4 Å². The molecule has 0 spiro atoms. The Morgan fingerprint density at radius 1 is 0.941 bits per heavy atom. The minimum absolute atomic E-state index is 0.0379. The van der Waals surface area contributed by atoms with Crippen LogP contribution < -0.4 is 27.4 Å². The number of benzene rings is 1. The predicted octanol–water partition coefficient (Wildman–Crippen LogP) is -1.99. The van der Waals surface area contributed by atoms with Gasteiger partial charge in [-0.05, 0) is 11.5 Å². The van der Waals surface area contributed by atoms with E-state index in [1.807, 2.05) is 0 Å². The highest BCUT2D eigenvalue weighted by molar-refractivity contribution is 5.95. The zero-order valence-electron chi connectivity index (χ0n) is 19.2. The molecule has 12 heteroatoms. The number of nitrogens with two attached hydrogens (primary N) is 2. The average Bonchev–Trinajstić information content (AvgIpc) is 2.79. The Bertz CT molecular complexity index is 864. The van der Waals surface area contributed by atoms with Crippen LogP contribution >= 0.6 is 0 Å². The van der Waals surface area contributed by atoms with E-state index in [0.717, 1.165) is 0 Å². The van der Waals surface area contributed by atoms with Gasteiger partial charge in [0.2, 0.25) is 23.6 Å². The van der Waals surface area contributed by atoms with E-state index in [-0.39, 0.29) is 6.42 Å². The highest BCUT2D eigenvalue weighted by atomic mass is 16.4. The fraction of sp³-hybridized carbons (Fsp3) is 0.500. The maximum atomic E-state index is 12.9. The summed E-state index contributed by atoms with van der Waals surface area (Å²) in [6.45, 7) is 2.66. The van der Waals surface area contributed by atoms with Crippen LogP contribution in [0.3, 0.4) is 0 Å². The minimum atomic E-state index is -1.45. The number of carbonyl (C=O) groups is 5. The van der Waals surface area contributed by atoms with Gasteiger partial charge in [-0.2, -0.15) is 0 Å². The van der Waals surface area contributed by atoms with Crippen LogP contribution in [0.1, 0.15) is 32.3 Å². The summed E-state index contributed by atoms with van der Waals surface area (Å²) >= 11 is 0. The van der Waals surface area contributed by atoms with Crippen molar-refractivity contribution in [2.75, 3.05) is 6.61 Å². The minimum Gasteiger partial charge on any atom is -0.480 e. The standard InChI is InChI=1S/C22H33N5O7/c1-3-12(2)18(21(32)25-15(22(33)34)9-13-7-5-4-6-8-13)27-20(31)16(11-28)26-19(30)14(23)10-17(24)29/h4-8,12,14-16,18,28H,3,9-11,23H2,1-2H3,(H2,24,29)(H,25,32)(H,26,30)(H,27,31)(H,33,34). The number of carboxylic acids is 1. The molecule has 34 heavy (non-hydrogen) atoms. The summed E-state index contributed by atoms with van der Waals surface area (Å²) in [5.74, 6) is -4.94. The topological polar surface area (TPSA) is 214 Å². The SMILES string of the molecule is CCC(C)C(NC(=O)C(CO)NC(=O)C(N)CC(N)=O)C(=O)NC(Cc1ccccc1)C(=O)O. The molecular formula is C22H33N5O7. The van der Waals surface area contributed by atoms with Crippen LogP contribution in [0.25, 0.3) is 0 Å². The number of rotatable bonds is 14. The van der Waals surface area contributed by atoms with E-state index in [0.29, 0.717) is 12.0 Å². The molecule has 0 aromatic heterocycles. The van der Waals surface area contributed by atoms with Crippen molar-refractivity contribution in [3.05, 3.63) is 35.9 Å². The van der Waals surface area contributed by atoms with Crippen molar-refractivity contribution in [3.63, 3.8) is 0 Å². The van der Waals surface area contributed by atoms with Crippen molar-refractivity contribution in [2.24, 2.45) is 17.4 Å². The first-order valence-electron chi connectivity index (χ1n) is 10.8. The number of hydrogen-bond donors (Lipinski definition) is 7. The number of aliphatic carboxylic acids is 1. The molecule has 0 aliphatic rings. The molecule has 12 nitrogen and oxygen atoms in total. The van der Waals surface area contributed by atoms with E-state index in [1.165, 1.54) is 0 Å². The maximum Gasteiger partial charge on any atom is 0.326 e. The molecule has 0 aliphatic carbocycles. The van der Waals surface area contributed by atoms with Crippen LogP contribution in [-0.4, -0.2) is 70.6 Å². The lowest BCUT2D eigenvalue weighted by Gasteiger charge is -2.27. The number of aliphatic hydroxyl groups is 1. The zero-order valence-corrected chi connectivity index (χ0v) is 19.2. The summed E-state index contributed by atoms with van der Waals surface area (Å²) in [5, 5.41) is 26.2. The number of primary amides is 1. The van der Waals surface area contributed by atoms with Crippen molar-refractivity contribution >= 4 is 29.6 Å². The molecule has 9 N–H and O–H groups in total. The molecule has 0 radical (unpaired) electrons. The van der Waals surface area contributed by atoms with Crippen molar-refractivity contribution in [1.29, 1.82) is 0 Å². The molecule has 0 aliphatic heterocycles. The molecule has 1 rings (SSSR count). The van der Waals surface area contributed by atoms with Gasteiger partial charge in [-0.15, -0.1) is 0 Å². The molecule has 0 fully saturated rings. The lowest BCUT2D eigenvalue weighted by molar-refractivity contribution is -0.142. The first-order valence-corrected chi connectivity index (χ1v) is 10.8. The molecule has 1 aromatic rings. The Balaban J connectivity index is 2.92. The van der Waals surface area contributed by atoms with Crippen LogP contribution in [0.5, 0.6) is 0 Å². The Morgan fingerprint density at radius 3 is 2.03 bits per heavy atom. The predicted molar refractivity (Wildman–Crippen MR) is 122 cm³/mol. The number of hydrogen-bond acceptors (Lipinski definition) is 7. The van der Waals surface area contributed by atoms with Crippen LogP contribution in [0.15, 0.2) is 30.3 Å². The summed E-state index contributed by atoms with van der Waals surface area (Å²) in [6, 6.07) is 3.59. The molecule has 0 heterocycles. The normalized spacial score (nSPS) is 15.2. The lowest BCUT2D eigenvalue weighted by Crippen LogP contribution is -2.59. The van der Waals surface area contributed by atoms with E-state index in [9.17, 15) is 34.2 Å². The third-order valence-corrected chi connectivity index (χ3v) is 5.26. The second kappa shape index (κ2) is 13.9. The maximum absolute atomic E-state index is 12.9.